The van der Waals surface area contributed by atoms with Crippen LogP contribution in [-0.4, -0.2) is 55.2 Å². The van der Waals surface area contributed by atoms with Crippen molar-refractivity contribution in [2.24, 2.45) is 0 Å². The molecule has 0 saturated carbocycles. The normalized spacial score (nSPS) is 14.9. The van der Waals surface area contributed by atoms with E-state index in [0.29, 0.717) is 31.4 Å². The number of nitrogens with zero attached hydrogens (tertiary/aromatic N) is 3. The molecule has 2 aromatic carbocycles. The third-order valence-corrected chi connectivity index (χ3v) is 6.42. The first-order valence-corrected chi connectivity index (χ1v) is 10.7. The highest BCUT2D eigenvalue weighted by atomic mass is 32.1. The number of thiazole rings is 1. The molecule has 4 rings (SSSR count). The highest BCUT2D eigenvalue weighted by Crippen LogP contribution is 2.33. The largest absolute Gasteiger partial charge is 0.379 e. The number of fused-ring (bicyclic) bond motifs is 1. The maximum Gasteiger partial charge on any atom is 0.263 e. The molecule has 1 aromatic heterocycles. The molecule has 3 aromatic rings. The number of morpholine rings is 1. The van der Waals surface area contributed by atoms with Gasteiger partial charge in [-0.25, -0.2) is 13.8 Å². The highest BCUT2D eigenvalue weighted by molar-refractivity contribution is 7.22. The molecule has 8 heteroatoms. The summed E-state index contributed by atoms with van der Waals surface area (Å²) in [6.07, 6.45) is 0. The van der Waals surface area contributed by atoms with Crippen LogP contribution in [0.1, 0.15) is 21.5 Å². The first-order valence-electron chi connectivity index (χ1n) is 9.87. The Kier molecular flexibility index (Phi) is 6.08. The van der Waals surface area contributed by atoms with Crippen molar-refractivity contribution in [1.29, 1.82) is 0 Å². The minimum atomic E-state index is -0.871. The van der Waals surface area contributed by atoms with E-state index in [-0.39, 0.29) is 5.56 Å². The minimum Gasteiger partial charge on any atom is -0.379 e. The van der Waals surface area contributed by atoms with E-state index in [1.807, 2.05) is 19.9 Å². The van der Waals surface area contributed by atoms with E-state index in [0.717, 1.165) is 46.6 Å². The van der Waals surface area contributed by atoms with Crippen LogP contribution in [0, 0.1) is 25.5 Å². The Labute approximate surface area is 177 Å². The van der Waals surface area contributed by atoms with E-state index in [1.165, 1.54) is 22.3 Å². The van der Waals surface area contributed by atoms with E-state index in [4.69, 9.17) is 4.74 Å². The second kappa shape index (κ2) is 8.75. The Morgan fingerprint density at radius 2 is 1.97 bits per heavy atom. The molecule has 1 amide bonds. The maximum atomic E-state index is 14.4. The first-order chi connectivity index (χ1) is 14.4. The van der Waals surface area contributed by atoms with Gasteiger partial charge in [0.2, 0.25) is 0 Å². The zero-order chi connectivity index (χ0) is 21.3. The fourth-order valence-electron chi connectivity index (χ4n) is 3.64. The van der Waals surface area contributed by atoms with Crippen LogP contribution < -0.4 is 4.90 Å². The number of carbonyl (C=O) groups is 1. The lowest BCUT2D eigenvalue weighted by Crippen LogP contribution is -2.43. The summed E-state index contributed by atoms with van der Waals surface area (Å²) in [5, 5.41) is 0.515. The number of hydrogen-bond donors (Lipinski definition) is 0. The third kappa shape index (κ3) is 4.35. The van der Waals surface area contributed by atoms with Crippen LogP contribution >= 0.6 is 11.3 Å². The number of halogens is 2. The number of amides is 1. The molecule has 1 aliphatic heterocycles. The molecule has 2 heterocycles. The highest BCUT2D eigenvalue weighted by Gasteiger charge is 2.25. The Morgan fingerprint density at radius 1 is 1.20 bits per heavy atom. The summed E-state index contributed by atoms with van der Waals surface area (Å²) < 4.78 is 34.1. The molecule has 1 fully saturated rings. The summed E-state index contributed by atoms with van der Waals surface area (Å²) in [6, 6.07) is 7.08. The summed E-state index contributed by atoms with van der Waals surface area (Å²) in [5.41, 5.74) is 2.83. The molecule has 1 aliphatic rings. The molecule has 0 atom stereocenters. The molecule has 0 bridgehead atoms. The van der Waals surface area contributed by atoms with Gasteiger partial charge >= 0.3 is 0 Å². The zero-order valence-electron chi connectivity index (χ0n) is 17.0. The minimum absolute atomic E-state index is 0.162. The van der Waals surface area contributed by atoms with E-state index in [9.17, 15) is 13.6 Å². The van der Waals surface area contributed by atoms with Crippen molar-refractivity contribution in [2.45, 2.75) is 13.8 Å². The fourth-order valence-corrected chi connectivity index (χ4v) is 4.68. The van der Waals surface area contributed by atoms with Crippen molar-refractivity contribution in [2.75, 3.05) is 44.3 Å². The van der Waals surface area contributed by atoms with Crippen LogP contribution in [0.5, 0.6) is 0 Å². The van der Waals surface area contributed by atoms with Crippen LogP contribution in [0.4, 0.5) is 13.9 Å². The quantitative estimate of drug-likeness (QED) is 0.608. The van der Waals surface area contributed by atoms with Gasteiger partial charge < -0.3 is 4.74 Å². The van der Waals surface area contributed by atoms with Gasteiger partial charge in [-0.2, -0.15) is 0 Å². The van der Waals surface area contributed by atoms with Gasteiger partial charge in [0.25, 0.3) is 5.91 Å². The van der Waals surface area contributed by atoms with Crippen molar-refractivity contribution in [3.05, 3.63) is 58.7 Å². The number of carbonyl (C=O) groups excluding carboxylic acids is 1. The second-order valence-electron chi connectivity index (χ2n) is 7.46. The van der Waals surface area contributed by atoms with Crippen molar-refractivity contribution in [3.63, 3.8) is 0 Å². The number of benzene rings is 2. The molecular weight excluding hydrogens is 408 g/mol. The number of aromatic nitrogens is 1. The van der Waals surface area contributed by atoms with Crippen LogP contribution in [0.2, 0.25) is 0 Å². The summed E-state index contributed by atoms with van der Waals surface area (Å²) in [7, 11) is 0. The number of ether oxygens (including phenoxy) is 1. The van der Waals surface area contributed by atoms with Gasteiger partial charge in [0.15, 0.2) is 5.13 Å². The van der Waals surface area contributed by atoms with Gasteiger partial charge in [0, 0.05) is 32.2 Å². The molecule has 30 heavy (non-hydrogen) atoms. The number of aryl methyl sites for hydroxylation is 2. The summed E-state index contributed by atoms with van der Waals surface area (Å²) >= 11 is 1.41. The Morgan fingerprint density at radius 3 is 2.70 bits per heavy atom. The fraction of sp³-hybridized carbons (Fsp3) is 0.364. The smallest absolute Gasteiger partial charge is 0.263 e. The molecule has 1 saturated heterocycles. The van der Waals surface area contributed by atoms with Crippen molar-refractivity contribution >= 4 is 32.6 Å². The summed E-state index contributed by atoms with van der Waals surface area (Å²) in [4.78, 5) is 21.6. The lowest BCUT2D eigenvalue weighted by Gasteiger charge is -2.29. The topological polar surface area (TPSA) is 45.7 Å². The van der Waals surface area contributed by atoms with Gasteiger partial charge in [-0.05, 0) is 43.2 Å². The van der Waals surface area contributed by atoms with E-state index < -0.39 is 17.5 Å². The molecular formula is C22H23F2N3O2S. The summed E-state index contributed by atoms with van der Waals surface area (Å²) in [6.45, 7) is 7.85. The average Bonchev–Trinajstić information content (AvgIpc) is 3.13. The predicted molar refractivity (Wildman–Crippen MR) is 114 cm³/mol. The zero-order valence-corrected chi connectivity index (χ0v) is 17.8. The average molecular weight is 432 g/mol. The first kappa shape index (κ1) is 20.8. The van der Waals surface area contributed by atoms with Crippen molar-refractivity contribution in [1.82, 2.24) is 9.88 Å². The maximum absolute atomic E-state index is 14.4. The van der Waals surface area contributed by atoms with E-state index in [1.54, 1.807) is 0 Å². The second-order valence-corrected chi connectivity index (χ2v) is 8.44. The van der Waals surface area contributed by atoms with E-state index >= 15 is 0 Å². The number of anilines is 1. The number of hydrogen-bond acceptors (Lipinski definition) is 5. The number of rotatable bonds is 5. The monoisotopic (exact) mass is 431 g/mol. The molecule has 5 nitrogen and oxygen atoms in total. The van der Waals surface area contributed by atoms with Crippen LogP contribution in [0.3, 0.4) is 0 Å². The SMILES string of the molecule is Cc1cc(C)c2sc(N(CCN3CCOCC3)C(=O)c3ccc(F)cc3F)nc2c1. The third-order valence-electron chi connectivity index (χ3n) is 5.19. The Balaban J connectivity index is 1.69. The Hall–Kier alpha value is -2.42. The van der Waals surface area contributed by atoms with Gasteiger partial charge in [-0.3, -0.25) is 14.6 Å². The van der Waals surface area contributed by atoms with Crippen molar-refractivity contribution < 1.29 is 18.3 Å². The summed E-state index contributed by atoms with van der Waals surface area (Å²) in [5.74, 6) is -2.10. The van der Waals surface area contributed by atoms with Gasteiger partial charge in [0.1, 0.15) is 11.6 Å². The van der Waals surface area contributed by atoms with Gasteiger partial charge in [-0.15, -0.1) is 0 Å². The van der Waals surface area contributed by atoms with Gasteiger partial charge in [-0.1, -0.05) is 17.4 Å². The molecule has 0 radical (unpaired) electrons. The van der Waals surface area contributed by atoms with Crippen LogP contribution in [0.15, 0.2) is 30.3 Å². The van der Waals surface area contributed by atoms with Crippen LogP contribution in [-0.2, 0) is 4.74 Å². The standard InChI is InChI=1S/C22H23F2N3O2S/c1-14-11-15(2)20-19(12-14)25-22(30-20)27(6-5-26-7-9-29-10-8-26)21(28)17-4-3-16(23)13-18(17)24/h3-4,11-13H,5-10H2,1-2H3. The van der Waals surface area contributed by atoms with Gasteiger partial charge in [0.05, 0.1) is 29.0 Å². The Bertz CT molecular complexity index is 1080. The van der Waals surface area contributed by atoms with Crippen LogP contribution in [0.25, 0.3) is 10.2 Å². The molecule has 0 spiro atoms. The molecule has 158 valence electrons. The lowest BCUT2D eigenvalue weighted by atomic mass is 10.1. The lowest BCUT2D eigenvalue weighted by molar-refractivity contribution is 0.0391. The predicted octanol–water partition coefficient (Wildman–Crippen LogP) is 4.17. The molecule has 0 N–H and O–H groups in total. The molecule has 0 aliphatic carbocycles. The van der Waals surface area contributed by atoms with E-state index in [2.05, 4.69) is 16.0 Å². The van der Waals surface area contributed by atoms with Crippen molar-refractivity contribution in [3.8, 4) is 0 Å². The molecule has 0 unspecified atom stereocenters.